The van der Waals surface area contributed by atoms with Gasteiger partial charge in [0.25, 0.3) is 5.91 Å². The third-order valence-electron chi connectivity index (χ3n) is 5.23. The maximum Gasteiger partial charge on any atom is 0.266 e. The summed E-state index contributed by atoms with van der Waals surface area (Å²) in [6.07, 6.45) is 1.75. The minimum atomic E-state index is -4.32. The molecule has 4 aromatic rings. The minimum absolute atomic E-state index is 0.124. The molecule has 0 spiro atoms. The molecule has 0 saturated heterocycles. The van der Waals surface area contributed by atoms with Gasteiger partial charge >= 0.3 is 0 Å². The van der Waals surface area contributed by atoms with Gasteiger partial charge in [0.05, 0.1) is 4.90 Å². The van der Waals surface area contributed by atoms with Gasteiger partial charge in [0.15, 0.2) is 0 Å². The molecule has 0 aliphatic heterocycles. The van der Waals surface area contributed by atoms with E-state index in [9.17, 15) is 27.9 Å². The molecule has 1 amide bonds. The Hall–Kier alpha value is -3.73. The summed E-state index contributed by atoms with van der Waals surface area (Å²) < 4.78 is 41.8. The van der Waals surface area contributed by atoms with Crippen molar-refractivity contribution < 1.29 is 27.9 Å². The monoisotopic (exact) mass is 469 g/mol. The average Bonchev–Trinajstić information content (AvgIpc) is 3.28. The van der Waals surface area contributed by atoms with E-state index in [1.807, 2.05) is 6.07 Å². The topological polar surface area (TPSA) is 123 Å². The summed E-state index contributed by atoms with van der Waals surface area (Å²) >= 11 is 0. The highest BCUT2D eigenvalue weighted by molar-refractivity contribution is 7.89. The number of benzene rings is 3. The number of amides is 1. The van der Waals surface area contributed by atoms with Crippen LogP contribution >= 0.6 is 0 Å². The number of nitrogens with zero attached hydrogens (tertiary/aromatic N) is 1. The molecule has 1 unspecified atom stereocenters. The first-order chi connectivity index (χ1) is 15.8. The molecule has 170 valence electrons. The fourth-order valence-electron chi connectivity index (χ4n) is 3.60. The number of hydrogen-bond acceptors (Lipinski definition) is 5. The van der Waals surface area contributed by atoms with E-state index in [0.717, 1.165) is 27.3 Å². The number of aromatic amines is 1. The Kier molecular flexibility index (Phi) is 6.14. The number of phenols is 1. The first kappa shape index (κ1) is 22.5. The van der Waals surface area contributed by atoms with Gasteiger partial charge in [-0.15, -0.1) is 0 Å². The van der Waals surface area contributed by atoms with Crippen LogP contribution in [-0.2, 0) is 21.4 Å². The summed E-state index contributed by atoms with van der Waals surface area (Å²) in [5.41, 5.74) is 3.12. The predicted molar refractivity (Wildman–Crippen MR) is 118 cm³/mol. The zero-order valence-electron chi connectivity index (χ0n) is 17.1. The van der Waals surface area contributed by atoms with Gasteiger partial charge in [-0.2, -0.15) is 4.31 Å². The Morgan fingerprint density at radius 1 is 1.03 bits per heavy atom. The third kappa shape index (κ3) is 4.58. The Morgan fingerprint density at radius 2 is 1.73 bits per heavy atom. The number of hydroxylamine groups is 1. The summed E-state index contributed by atoms with van der Waals surface area (Å²) in [6.45, 7) is -0.222. The Morgan fingerprint density at radius 3 is 2.39 bits per heavy atom. The molecule has 33 heavy (non-hydrogen) atoms. The van der Waals surface area contributed by atoms with Gasteiger partial charge in [0.1, 0.15) is 17.6 Å². The van der Waals surface area contributed by atoms with Crippen molar-refractivity contribution in [2.75, 3.05) is 0 Å². The molecule has 10 heteroatoms. The number of sulfonamides is 1. The first-order valence-corrected chi connectivity index (χ1v) is 11.3. The molecule has 4 N–H and O–H groups in total. The number of carbonyl (C=O) groups excluding carboxylic acids is 1. The smallest absolute Gasteiger partial charge is 0.266 e. The largest absolute Gasteiger partial charge is 0.508 e. The van der Waals surface area contributed by atoms with Crippen molar-refractivity contribution in [3.05, 3.63) is 95.9 Å². The summed E-state index contributed by atoms with van der Waals surface area (Å²) in [7, 11) is -4.32. The van der Waals surface area contributed by atoms with Crippen LogP contribution in [0.1, 0.15) is 17.2 Å². The van der Waals surface area contributed by atoms with Crippen LogP contribution in [-0.4, -0.2) is 33.9 Å². The van der Waals surface area contributed by atoms with Crippen LogP contribution in [0.4, 0.5) is 4.39 Å². The molecular formula is C23H20FN3O5S. The fourth-order valence-corrected chi connectivity index (χ4v) is 5.17. The van der Waals surface area contributed by atoms with Crippen LogP contribution in [0.15, 0.2) is 83.9 Å². The van der Waals surface area contributed by atoms with Gasteiger partial charge in [-0.05, 0) is 71.1 Å². The summed E-state index contributed by atoms with van der Waals surface area (Å²) in [4.78, 5) is 15.6. The van der Waals surface area contributed by atoms with Crippen LogP contribution < -0.4 is 5.48 Å². The maximum absolute atomic E-state index is 13.7. The molecule has 0 aliphatic rings. The fraction of sp³-hybridized carbons (Fsp3) is 0.0870. The van der Waals surface area contributed by atoms with Gasteiger partial charge in [-0.1, -0.05) is 18.2 Å². The van der Waals surface area contributed by atoms with E-state index in [2.05, 4.69) is 4.98 Å². The third-order valence-corrected chi connectivity index (χ3v) is 7.06. The van der Waals surface area contributed by atoms with Gasteiger partial charge in [0.2, 0.25) is 10.0 Å². The highest BCUT2D eigenvalue weighted by Crippen LogP contribution is 2.31. The van der Waals surface area contributed by atoms with Crippen LogP contribution in [0, 0.1) is 5.82 Å². The van der Waals surface area contributed by atoms with E-state index in [0.29, 0.717) is 5.56 Å². The Labute approximate surface area is 188 Å². The number of nitrogens with one attached hydrogen (secondary N) is 2. The lowest BCUT2D eigenvalue weighted by Gasteiger charge is -2.30. The zero-order chi connectivity index (χ0) is 23.6. The number of rotatable bonds is 7. The van der Waals surface area contributed by atoms with E-state index in [4.69, 9.17) is 0 Å². The van der Waals surface area contributed by atoms with Crippen molar-refractivity contribution in [1.82, 2.24) is 14.8 Å². The van der Waals surface area contributed by atoms with Gasteiger partial charge in [0, 0.05) is 18.3 Å². The number of hydrogen-bond donors (Lipinski definition) is 4. The van der Waals surface area contributed by atoms with Crippen molar-refractivity contribution >= 4 is 26.8 Å². The van der Waals surface area contributed by atoms with E-state index in [1.54, 1.807) is 24.4 Å². The summed E-state index contributed by atoms with van der Waals surface area (Å²) in [5.74, 6) is -1.69. The van der Waals surface area contributed by atoms with E-state index < -0.39 is 27.8 Å². The number of aromatic hydroxyl groups is 1. The zero-order valence-corrected chi connectivity index (χ0v) is 18.0. The molecular weight excluding hydrogens is 449 g/mol. The quantitative estimate of drug-likeness (QED) is 0.244. The predicted octanol–water partition coefficient (Wildman–Crippen LogP) is 3.45. The standard InChI is InChI=1S/C23H20FN3O5S/c24-18-4-2-16(3-5-18)22(23(29)26-30)27(33(31,32)20-8-6-19(28)7-9-20)14-15-1-10-21-17(13-15)11-12-25-21/h1-13,22,25,28,30H,14H2,(H,26,29). The Balaban J connectivity index is 1.86. The van der Waals surface area contributed by atoms with Crippen LogP contribution in [0.3, 0.4) is 0 Å². The van der Waals surface area contributed by atoms with E-state index >= 15 is 0 Å². The highest BCUT2D eigenvalue weighted by Gasteiger charge is 2.37. The Bertz CT molecular complexity index is 1390. The first-order valence-electron chi connectivity index (χ1n) is 9.86. The number of H-pyrrole nitrogens is 1. The van der Waals surface area contributed by atoms with Crippen LogP contribution in [0.25, 0.3) is 10.9 Å². The molecule has 3 aromatic carbocycles. The number of aromatic nitrogens is 1. The second kappa shape index (κ2) is 9.02. The van der Waals surface area contributed by atoms with Gasteiger partial charge in [-0.3, -0.25) is 10.0 Å². The average molecular weight is 469 g/mol. The van der Waals surface area contributed by atoms with Crippen LogP contribution in [0.5, 0.6) is 5.75 Å². The molecule has 0 saturated carbocycles. The molecule has 0 fully saturated rings. The van der Waals surface area contributed by atoms with Crippen molar-refractivity contribution in [2.45, 2.75) is 17.5 Å². The molecule has 0 radical (unpaired) electrons. The minimum Gasteiger partial charge on any atom is -0.508 e. The van der Waals surface area contributed by atoms with Crippen molar-refractivity contribution in [3.8, 4) is 5.75 Å². The lowest BCUT2D eigenvalue weighted by Crippen LogP contribution is -2.42. The second-order valence-electron chi connectivity index (χ2n) is 7.37. The molecule has 1 heterocycles. The lowest BCUT2D eigenvalue weighted by atomic mass is 10.1. The molecule has 0 aliphatic carbocycles. The van der Waals surface area contributed by atoms with Gasteiger partial charge < -0.3 is 10.1 Å². The van der Waals surface area contributed by atoms with Crippen molar-refractivity contribution in [3.63, 3.8) is 0 Å². The molecule has 4 rings (SSSR count). The normalized spacial score (nSPS) is 12.7. The summed E-state index contributed by atoms with van der Waals surface area (Å²) in [5, 5.41) is 19.8. The van der Waals surface area contributed by atoms with Crippen molar-refractivity contribution in [2.24, 2.45) is 0 Å². The second-order valence-corrected chi connectivity index (χ2v) is 9.26. The molecule has 8 nitrogen and oxygen atoms in total. The highest BCUT2D eigenvalue weighted by atomic mass is 32.2. The lowest BCUT2D eigenvalue weighted by molar-refractivity contribution is -0.133. The van der Waals surface area contributed by atoms with E-state index in [-0.39, 0.29) is 22.8 Å². The summed E-state index contributed by atoms with van der Waals surface area (Å²) in [6, 6.07) is 15.2. The molecule has 1 aromatic heterocycles. The maximum atomic E-state index is 13.7. The van der Waals surface area contributed by atoms with E-state index in [1.165, 1.54) is 41.9 Å². The number of fused-ring (bicyclic) bond motifs is 1. The van der Waals surface area contributed by atoms with Gasteiger partial charge in [-0.25, -0.2) is 18.3 Å². The number of halogens is 1. The molecule has 0 bridgehead atoms. The van der Waals surface area contributed by atoms with Crippen molar-refractivity contribution in [1.29, 1.82) is 0 Å². The van der Waals surface area contributed by atoms with Crippen LogP contribution in [0.2, 0.25) is 0 Å². The number of phenolic OH excluding ortho intramolecular Hbond substituents is 1. The SMILES string of the molecule is O=C(NO)C(c1ccc(F)cc1)N(Cc1ccc2[nH]ccc2c1)S(=O)(=O)c1ccc(O)cc1. The molecule has 1 atom stereocenters. The number of carbonyl (C=O) groups is 1.